The van der Waals surface area contributed by atoms with Gasteiger partial charge >= 0.3 is 0 Å². The summed E-state index contributed by atoms with van der Waals surface area (Å²) >= 11 is 13.0. The second kappa shape index (κ2) is 10.9. The van der Waals surface area contributed by atoms with E-state index in [2.05, 4.69) is 9.97 Å². The predicted molar refractivity (Wildman–Crippen MR) is 138 cm³/mol. The van der Waals surface area contributed by atoms with Crippen molar-refractivity contribution in [1.29, 1.82) is 0 Å². The highest BCUT2D eigenvalue weighted by molar-refractivity contribution is 6.38. The zero-order valence-corrected chi connectivity index (χ0v) is 20.8. The molecule has 0 bridgehead atoms. The Hall–Kier alpha value is -3.39. The first kappa shape index (κ1) is 24.7. The lowest BCUT2D eigenvalue weighted by atomic mass is 10.1. The molecule has 2 N–H and O–H groups in total. The number of rotatable bonds is 8. The molecule has 2 heterocycles. The molecule has 0 aliphatic rings. The third-order valence-electron chi connectivity index (χ3n) is 5.44. The number of carbonyl (C=O) groups is 1. The van der Waals surface area contributed by atoms with Crippen molar-refractivity contribution < 1.29 is 14.3 Å². The van der Waals surface area contributed by atoms with Gasteiger partial charge in [0.25, 0.3) is 0 Å². The van der Waals surface area contributed by atoms with Crippen LogP contribution < -0.4 is 20.1 Å². The number of benzene rings is 2. The molecule has 1 amide bonds. The Kier molecular flexibility index (Phi) is 7.70. The van der Waals surface area contributed by atoms with Gasteiger partial charge in [-0.3, -0.25) is 9.78 Å². The molecule has 0 saturated heterocycles. The molecule has 35 heavy (non-hydrogen) atoms. The summed E-state index contributed by atoms with van der Waals surface area (Å²) in [6, 6.07) is 16.6. The maximum absolute atomic E-state index is 12.0. The quantitative estimate of drug-likeness (QED) is 0.344. The van der Waals surface area contributed by atoms with Crippen LogP contribution in [0.2, 0.25) is 10.0 Å². The van der Waals surface area contributed by atoms with E-state index in [9.17, 15) is 4.79 Å². The summed E-state index contributed by atoms with van der Waals surface area (Å²) in [5, 5.41) is 1.56. The van der Waals surface area contributed by atoms with Gasteiger partial charge in [-0.05, 0) is 43.3 Å². The molecular formula is C26H24Cl2N4O3. The molecule has 0 spiro atoms. The average molecular weight is 511 g/mol. The maximum Gasteiger partial charge on any atom is 0.240 e. The minimum atomic E-state index is -0.270. The zero-order valence-electron chi connectivity index (χ0n) is 19.3. The normalized spacial score (nSPS) is 10.9. The molecule has 2 aromatic carbocycles. The van der Waals surface area contributed by atoms with E-state index in [4.69, 9.17) is 38.4 Å². The van der Waals surface area contributed by atoms with E-state index in [1.165, 1.54) is 4.90 Å². The number of nitrogens with two attached hydrogens (primary N) is 1. The van der Waals surface area contributed by atoms with E-state index < -0.39 is 0 Å². The third-order valence-corrected chi connectivity index (χ3v) is 6.22. The van der Waals surface area contributed by atoms with E-state index in [0.717, 1.165) is 16.8 Å². The van der Waals surface area contributed by atoms with Crippen molar-refractivity contribution in [3.8, 4) is 11.5 Å². The van der Waals surface area contributed by atoms with E-state index >= 15 is 0 Å². The molecule has 4 rings (SSSR count). The third kappa shape index (κ3) is 5.48. The van der Waals surface area contributed by atoms with Gasteiger partial charge < -0.3 is 20.1 Å². The van der Waals surface area contributed by atoms with Gasteiger partial charge in [0.1, 0.15) is 30.2 Å². The lowest BCUT2D eigenvalue weighted by Crippen LogP contribution is -2.32. The van der Waals surface area contributed by atoms with Crippen molar-refractivity contribution in [2.45, 2.75) is 20.1 Å². The van der Waals surface area contributed by atoms with E-state index in [0.29, 0.717) is 44.9 Å². The summed E-state index contributed by atoms with van der Waals surface area (Å²) in [4.78, 5) is 22.4. The summed E-state index contributed by atoms with van der Waals surface area (Å²) in [7, 11) is 1.61. The Morgan fingerprint density at radius 2 is 1.83 bits per heavy atom. The minimum absolute atomic E-state index is 0.0784. The summed E-state index contributed by atoms with van der Waals surface area (Å²) in [5.41, 5.74) is 8.81. The van der Waals surface area contributed by atoms with Crippen molar-refractivity contribution in [3.63, 3.8) is 0 Å². The van der Waals surface area contributed by atoms with Crippen molar-refractivity contribution in [2.75, 3.05) is 18.5 Å². The number of ether oxygens (including phenoxy) is 2. The second-order valence-electron chi connectivity index (χ2n) is 7.83. The molecule has 0 saturated carbocycles. The van der Waals surface area contributed by atoms with Crippen LogP contribution in [0.25, 0.3) is 10.9 Å². The Labute approximate surface area is 213 Å². The zero-order chi connectivity index (χ0) is 24.9. The Morgan fingerprint density at radius 3 is 2.57 bits per heavy atom. The Morgan fingerprint density at radius 1 is 1.03 bits per heavy atom. The summed E-state index contributed by atoms with van der Waals surface area (Å²) < 4.78 is 12.2. The van der Waals surface area contributed by atoms with Crippen LogP contribution in [0.3, 0.4) is 0 Å². The van der Waals surface area contributed by atoms with E-state index in [-0.39, 0.29) is 19.1 Å². The van der Waals surface area contributed by atoms with Gasteiger partial charge in [0, 0.05) is 41.0 Å². The molecule has 4 aromatic rings. The highest BCUT2D eigenvalue weighted by Gasteiger charge is 2.18. The van der Waals surface area contributed by atoms with Gasteiger partial charge in [-0.2, -0.15) is 0 Å². The van der Waals surface area contributed by atoms with Crippen molar-refractivity contribution >= 4 is 45.7 Å². The molecule has 180 valence electrons. The van der Waals surface area contributed by atoms with Crippen LogP contribution in [-0.2, 0) is 18.0 Å². The number of pyridine rings is 2. The van der Waals surface area contributed by atoms with Crippen LogP contribution in [-0.4, -0.2) is 29.5 Å². The fourth-order valence-electron chi connectivity index (χ4n) is 3.58. The number of halogens is 2. The second-order valence-corrected chi connectivity index (χ2v) is 8.61. The van der Waals surface area contributed by atoms with Gasteiger partial charge in [-0.15, -0.1) is 0 Å². The number of carbonyl (C=O) groups excluding carboxylic acids is 1. The SMILES string of the molecule is Cc1cc(OCc2ccccn2)c2cccc(OCc3c(Cl)ccc(N(C)C(=O)CN)c3Cl)c2n1. The van der Waals surface area contributed by atoms with Crippen molar-refractivity contribution in [3.05, 3.63) is 87.8 Å². The Bertz CT molecular complexity index is 1370. The molecule has 0 aliphatic carbocycles. The maximum atomic E-state index is 12.0. The largest absolute Gasteiger partial charge is 0.487 e. The number of aromatic nitrogens is 2. The Balaban J connectivity index is 1.62. The van der Waals surface area contributed by atoms with Crippen LogP contribution in [0, 0.1) is 6.92 Å². The smallest absolute Gasteiger partial charge is 0.240 e. The predicted octanol–water partition coefficient (Wildman–Crippen LogP) is 5.32. The van der Waals surface area contributed by atoms with Crippen molar-refractivity contribution in [1.82, 2.24) is 9.97 Å². The van der Waals surface area contributed by atoms with Crippen LogP contribution in [0.15, 0.2) is 60.8 Å². The molecule has 7 nitrogen and oxygen atoms in total. The first-order chi connectivity index (χ1) is 16.9. The first-order valence-electron chi connectivity index (χ1n) is 10.9. The lowest BCUT2D eigenvalue weighted by Gasteiger charge is -2.20. The number of hydrogen-bond donors (Lipinski definition) is 1. The molecule has 2 aromatic heterocycles. The van der Waals surface area contributed by atoms with Crippen LogP contribution >= 0.6 is 23.2 Å². The summed E-state index contributed by atoms with van der Waals surface area (Å²) in [6.07, 6.45) is 1.73. The number of likely N-dealkylation sites (N-methyl/N-ethyl adjacent to an activating group) is 1. The molecule has 9 heteroatoms. The lowest BCUT2D eigenvalue weighted by molar-refractivity contribution is -0.117. The van der Waals surface area contributed by atoms with Crippen LogP contribution in [0.5, 0.6) is 11.5 Å². The number of anilines is 1. The highest BCUT2D eigenvalue weighted by atomic mass is 35.5. The molecule has 0 unspecified atom stereocenters. The fraction of sp³-hybridized carbons (Fsp3) is 0.192. The van der Waals surface area contributed by atoms with Crippen molar-refractivity contribution in [2.24, 2.45) is 5.73 Å². The summed E-state index contributed by atoms with van der Waals surface area (Å²) in [6.45, 7) is 2.17. The number of aryl methyl sites for hydroxylation is 1. The van der Waals surface area contributed by atoms with E-state index in [1.807, 2.05) is 49.4 Å². The number of amides is 1. The fourth-order valence-corrected chi connectivity index (χ4v) is 4.19. The number of para-hydroxylation sites is 1. The molecule has 0 radical (unpaired) electrons. The van der Waals surface area contributed by atoms with Gasteiger partial charge in [-0.1, -0.05) is 35.3 Å². The molecule has 0 atom stereocenters. The topological polar surface area (TPSA) is 90.6 Å². The summed E-state index contributed by atoms with van der Waals surface area (Å²) in [5.74, 6) is 0.967. The monoisotopic (exact) mass is 510 g/mol. The average Bonchev–Trinajstić information content (AvgIpc) is 2.87. The molecular weight excluding hydrogens is 487 g/mol. The standard InChI is InChI=1S/C26H24Cl2N4O3/c1-16-12-23(34-14-17-6-3-4-11-30-17)18-7-5-8-22(26(18)31-16)35-15-19-20(27)9-10-21(25(19)28)32(2)24(33)13-29/h3-12H,13-15,29H2,1-2H3. The molecule has 0 fully saturated rings. The number of hydrogen-bond acceptors (Lipinski definition) is 6. The molecule has 0 aliphatic heterocycles. The van der Waals surface area contributed by atoms with Gasteiger partial charge in [0.2, 0.25) is 5.91 Å². The number of fused-ring (bicyclic) bond motifs is 1. The number of nitrogens with zero attached hydrogens (tertiary/aromatic N) is 3. The van der Waals surface area contributed by atoms with Crippen LogP contribution in [0.4, 0.5) is 5.69 Å². The minimum Gasteiger partial charge on any atom is -0.487 e. The van der Waals surface area contributed by atoms with Gasteiger partial charge in [-0.25, -0.2) is 4.98 Å². The highest BCUT2D eigenvalue weighted by Crippen LogP contribution is 2.36. The van der Waals surface area contributed by atoms with Gasteiger partial charge in [0.05, 0.1) is 22.9 Å². The van der Waals surface area contributed by atoms with Gasteiger partial charge in [0.15, 0.2) is 0 Å². The first-order valence-corrected chi connectivity index (χ1v) is 11.6. The van der Waals surface area contributed by atoms with E-state index in [1.54, 1.807) is 25.4 Å². The van der Waals surface area contributed by atoms with Crippen LogP contribution in [0.1, 0.15) is 17.0 Å².